The summed E-state index contributed by atoms with van der Waals surface area (Å²) in [6.07, 6.45) is 5.33. The van der Waals surface area contributed by atoms with Gasteiger partial charge in [0.2, 0.25) is 5.91 Å². The quantitative estimate of drug-likeness (QED) is 0.315. The maximum atomic E-state index is 12.3. The van der Waals surface area contributed by atoms with Crippen molar-refractivity contribution in [2.45, 2.75) is 19.4 Å². The Bertz CT molecular complexity index is 1360. The number of nitrogens with zero attached hydrogens (tertiary/aromatic N) is 2. The van der Waals surface area contributed by atoms with E-state index in [9.17, 15) is 9.59 Å². The van der Waals surface area contributed by atoms with Crippen LogP contribution in [0.25, 0.3) is 10.9 Å². The molecule has 0 atom stereocenters. The van der Waals surface area contributed by atoms with Crippen LogP contribution in [0.2, 0.25) is 0 Å². The van der Waals surface area contributed by atoms with Gasteiger partial charge in [0.1, 0.15) is 5.82 Å². The number of hydrogen-bond donors (Lipinski definition) is 4. The zero-order valence-electron chi connectivity index (χ0n) is 18.8. The molecule has 5 rings (SSSR count). The van der Waals surface area contributed by atoms with Crippen molar-refractivity contribution in [3.05, 3.63) is 78.1 Å². The highest BCUT2D eigenvalue weighted by molar-refractivity contribution is 5.99. The number of H-pyrrole nitrogens is 1. The minimum Gasteiger partial charge on any atom is -0.380 e. The second kappa shape index (κ2) is 8.90. The predicted octanol–water partition coefficient (Wildman–Crippen LogP) is 4.39. The van der Waals surface area contributed by atoms with E-state index >= 15 is 0 Å². The van der Waals surface area contributed by atoms with Crippen molar-refractivity contribution < 1.29 is 9.59 Å². The van der Waals surface area contributed by atoms with Gasteiger partial charge in [-0.1, -0.05) is 12.1 Å². The molecule has 8 nitrogen and oxygen atoms in total. The number of carbonyl (C=O) groups is 2. The van der Waals surface area contributed by atoms with E-state index in [0.29, 0.717) is 23.6 Å². The smallest absolute Gasteiger partial charge is 0.252 e. The number of hydrogen-bond acceptors (Lipinski definition) is 5. The summed E-state index contributed by atoms with van der Waals surface area (Å²) in [7, 11) is 1.80. The molecule has 2 amide bonds. The number of benzene rings is 2. The molecular formula is C26H26N6O2. The van der Waals surface area contributed by atoms with Crippen molar-refractivity contribution in [1.29, 1.82) is 0 Å². The van der Waals surface area contributed by atoms with Gasteiger partial charge < -0.3 is 26.3 Å². The van der Waals surface area contributed by atoms with Gasteiger partial charge in [-0.15, -0.1) is 0 Å². The topological polar surface area (TPSA) is 116 Å². The van der Waals surface area contributed by atoms with Gasteiger partial charge in [0.25, 0.3) is 5.91 Å². The van der Waals surface area contributed by atoms with Gasteiger partial charge in [-0.3, -0.25) is 9.59 Å². The summed E-state index contributed by atoms with van der Waals surface area (Å²) in [5, 5.41) is 7.70. The van der Waals surface area contributed by atoms with E-state index in [1.54, 1.807) is 18.0 Å². The maximum absolute atomic E-state index is 12.3. The third-order valence-corrected chi connectivity index (χ3v) is 6.11. The summed E-state index contributed by atoms with van der Waals surface area (Å²) < 4.78 is 0. The molecule has 34 heavy (non-hydrogen) atoms. The summed E-state index contributed by atoms with van der Waals surface area (Å²) in [6, 6.07) is 17.4. The Kier molecular flexibility index (Phi) is 5.63. The zero-order chi connectivity index (χ0) is 23.7. The molecule has 2 heterocycles. The molecule has 0 radical (unpaired) electrons. The molecule has 0 spiro atoms. The number of carbonyl (C=O) groups excluding carboxylic acids is 2. The number of anilines is 4. The first-order chi connectivity index (χ1) is 16.5. The normalized spacial score (nSPS) is 13.0. The molecule has 2 aromatic heterocycles. The molecule has 0 bridgehead atoms. The van der Waals surface area contributed by atoms with Crippen LogP contribution in [0.3, 0.4) is 0 Å². The lowest BCUT2D eigenvalue weighted by molar-refractivity contribution is -0.119. The third-order valence-electron chi connectivity index (χ3n) is 6.11. The number of amides is 2. The highest BCUT2D eigenvalue weighted by Crippen LogP contribution is 2.32. The molecule has 2 aromatic carbocycles. The van der Waals surface area contributed by atoms with Crippen LogP contribution >= 0.6 is 0 Å². The highest BCUT2D eigenvalue weighted by Gasteiger charge is 2.32. The minimum absolute atomic E-state index is 0.162. The van der Waals surface area contributed by atoms with Gasteiger partial charge in [-0.05, 0) is 54.8 Å². The second-order valence-corrected chi connectivity index (χ2v) is 8.53. The predicted molar refractivity (Wildman–Crippen MR) is 134 cm³/mol. The molecule has 1 aliphatic rings. The first kappa shape index (κ1) is 21.5. The summed E-state index contributed by atoms with van der Waals surface area (Å²) in [4.78, 5) is 33.5. The fourth-order valence-corrected chi connectivity index (χ4v) is 4.01. The van der Waals surface area contributed by atoms with Crippen molar-refractivity contribution in [2.24, 2.45) is 11.7 Å². The van der Waals surface area contributed by atoms with Crippen LogP contribution < -0.4 is 21.3 Å². The van der Waals surface area contributed by atoms with Crippen LogP contribution in [0.4, 0.5) is 22.9 Å². The Labute approximate surface area is 197 Å². The first-order valence-electron chi connectivity index (χ1n) is 11.2. The Morgan fingerprint density at radius 1 is 1.15 bits per heavy atom. The molecule has 5 N–H and O–H groups in total. The van der Waals surface area contributed by atoms with Gasteiger partial charge in [-0.25, -0.2) is 4.98 Å². The second-order valence-electron chi connectivity index (χ2n) is 8.53. The number of nitrogens with one attached hydrogen (secondary N) is 3. The number of fused-ring (bicyclic) bond motifs is 1. The average Bonchev–Trinajstić information content (AvgIpc) is 3.58. The number of aromatic nitrogens is 2. The van der Waals surface area contributed by atoms with Crippen LogP contribution in [0.1, 0.15) is 28.8 Å². The minimum atomic E-state index is -0.547. The Morgan fingerprint density at radius 3 is 2.68 bits per heavy atom. The number of rotatable bonds is 8. The van der Waals surface area contributed by atoms with Crippen LogP contribution in [0.5, 0.6) is 0 Å². The van der Waals surface area contributed by atoms with E-state index in [-0.39, 0.29) is 11.8 Å². The molecule has 1 fully saturated rings. The fourth-order valence-electron chi connectivity index (χ4n) is 4.01. The van der Waals surface area contributed by atoms with Gasteiger partial charge in [0.05, 0.1) is 11.3 Å². The summed E-state index contributed by atoms with van der Waals surface area (Å²) in [5.74, 6) is 0.359. The lowest BCUT2D eigenvalue weighted by Gasteiger charge is -2.18. The summed E-state index contributed by atoms with van der Waals surface area (Å²) >= 11 is 0. The van der Waals surface area contributed by atoms with Crippen LogP contribution in [0, 0.1) is 5.92 Å². The molecule has 0 aliphatic heterocycles. The molecule has 172 valence electrons. The summed E-state index contributed by atoms with van der Waals surface area (Å²) in [5.41, 5.74) is 10.3. The standard InChI is InChI=1S/C26H26N6O2/c1-32(26(34)16-5-6-16)19-9-7-18(8-10-19)31-24-13-23(21(15-30-24)25(27)33)29-14-17-3-2-4-22-20(17)11-12-28-22/h2-4,7-13,15-16,28H,5-6,14H2,1H3,(H2,27,33)(H2,29,30,31). The lowest BCUT2D eigenvalue weighted by atomic mass is 10.1. The van der Waals surface area contributed by atoms with Crippen LogP contribution in [0.15, 0.2) is 67.0 Å². The van der Waals surface area contributed by atoms with Gasteiger partial charge in [0.15, 0.2) is 0 Å². The fraction of sp³-hybridized carbons (Fsp3) is 0.192. The van der Waals surface area contributed by atoms with Crippen LogP contribution in [-0.4, -0.2) is 28.8 Å². The van der Waals surface area contributed by atoms with Gasteiger partial charge in [0, 0.05) is 60.2 Å². The third kappa shape index (κ3) is 4.43. The monoisotopic (exact) mass is 454 g/mol. The first-order valence-corrected chi connectivity index (χ1v) is 11.2. The molecular weight excluding hydrogens is 428 g/mol. The van der Waals surface area contributed by atoms with Crippen molar-refractivity contribution in [2.75, 3.05) is 22.6 Å². The maximum Gasteiger partial charge on any atom is 0.252 e. The summed E-state index contributed by atoms with van der Waals surface area (Å²) in [6.45, 7) is 0.523. The Morgan fingerprint density at radius 2 is 1.94 bits per heavy atom. The average molecular weight is 455 g/mol. The van der Waals surface area contributed by atoms with E-state index in [2.05, 4.69) is 20.6 Å². The van der Waals surface area contributed by atoms with Crippen molar-refractivity contribution in [1.82, 2.24) is 9.97 Å². The highest BCUT2D eigenvalue weighted by atomic mass is 16.2. The molecule has 0 unspecified atom stereocenters. The zero-order valence-corrected chi connectivity index (χ0v) is 18.8. The largest absolute Gasteiger partial charge is 0.380 e. The van der Waals surface area contributed by atoms with Crippen molar-refractivity contribution in [3.63, 3.8) is 0 Å². The molecule has 0 saturated heterocycles. The molecule has 8 heteroatoms. The molecule has 1 saturated carbocycles. The van der Waals surface area contributed by atoms with Crippen molar-refractivity contribution >= 4 is 45.6 Å². The number of pyridine rings is 1. The van der Waals surface area contributed by atoms with Gasteiger partial charge >= 0.3 is 0 Å². The lowest BCUT2D eigenvalue weighted by Crippen LogP contribution is -2.27. The van der Waals surface area contributed by atoms with E-state index < -0.39 is 5.91 Å². The number of nitrogens with two attached hydrogens (primary N) is 1. The van der Waals surface area contributed by atoms with E-state index in [4.69, 9.17) is 5.73 Å². The van der Waals surface area contributed by atoms with E-state index in [1.807, 2.05) is 54.7 Å². The van der Waals surface area contributed by atoms with E-state index in [1.165, 1.54) is 6.20 Å². The van der Waals surface area contributed by atoms with Gasteiger partial charge in [-0.2, -0.15) is 0 Å². The molecule has 1 aliphatic carbocycles. The van der Waals surface area contributed by atoms with Crippen molar-refractivity contribution in [3.8, 4) is 0 Å². The Hall–Kier alpha value is -4.33. The number of aromatic amines is 1. The van der Waals surface area contributed by atoms with E-state index in [0.717, 1.165) is 40.7 Å². The number of primary amides is 1. The molecule has 4 aromatic rings. The SMILES string of the molecule is CN(C(=O)C1CC1)c1ccc(Nc2cc(NCc3cccc4[nH]ccc34)c(C(N)=O)cn2)cc1. The van der Waals surface area contributed by atoms with Crippen LogP contribution in [-0.2, 0) is 11.3 Å². The Balaban J connectivity index is 1.32.